The number of hydrogen-bond donors (Lipinski definition) is 1. The molecule has 1 aliphatic heterocycles. The minimum absolute atomic E-state index is 0.147. The van der Waals surface area contributed by atoms with E-state index in [0.717, 1.165) is 19.3 Å². The van der Waals surface area contributed by atoms with Crippen LogP contribution in [0.3, 0.4) is 0 Å². The number of rotatable bonds is 5. The van der Waals surface area contributed by atoms with E-state index in [4.69, 9.17) is 23.2 Å². The van der Waals surface area contributed by atoms with Gasteiger partial charge in [-0.3, -0.25) is 9.59 Å². The largest absolute Gasteiger partial charge is 0.481 e. The number of carbonyl (C=O) groups excluding carboxylic acids is 1. The Bertz CT molecular complexity index is 1120. The fourth-order valence-corrected chi connectivity index (χ4v) is 4.23. The number of aliphatic carboxylic acids is 1. The van der Waals surface area contributed by atoms with Crippen molar-refractivity contribution in [3.63, 3.8) is 0 Å². The van der Waals surface area contributed by atoms with Crippen LogP contribution >= 0.6 is 23.2 Å². The minimum Gasteiger partial charge on any atom is -0.481 e. The second kappa shape index (κ2) is 9.12. The molecular weight excluding hydrogens is 437 g/mol. The molecule has 8 heteroatoms. The van der Waals surface area contributed by atoms with Crippen LogP contribution in [0.15, 0.2) is 48.5 Å². The Balaban J connectivity index is 1.95. The number of aromatic nitrogens is 2. The predicted octanol–water partition coefficient (Wildman–Crippen LogP) is 5.10. The van der Waals surface area contributed by atoms with E-state index in [2.05, 4.69) is 5.10 Å². The zero-order valence-corrected chi connectivity index (χ0v) is 18.2. The summed E-state index contributed by atoms with van der Waals surface area (Å²) in [6.07, 6.45) is 2.59. The maximum atomic E-state index is 13.4. The first-order chi connectivity index (χ1) is 15.0. The van der Waals surface area contributed by atoms with Crippen molar-refractivity contribution in [3.8, 4) is 16.9 Å². The highest BCUT2D eigenvalue weighted by Gasteiger charge is 2.30. The first-order valence-electron chi connectivity index (χ1n) is 10.1. The van der Waals surface area contributed by atoms with Crippen molar-refractivity contribution in [3.05, 3.63) is 69.8 Å². The number of carboxylic acids is 1. The highest BCUT2D eigenvalue weighted by molar-refractivity contribution is 6.32. The number of nitrogens with zero attached hydrogens (tertiary/aromatic N) is 3. The smallest absolute Gasteiger partial charge is 0.307 e. The monoisotopic (exact) mass is 457 g/mol. The third kappa shape index (κ3) is 4.45. The number of likely N-dealkylation sites (tertiary alicyclic amines) is 1. The van der Waals surface area contributed by atoms with Crippen molar-refractivity contribution < 1.29 is 14.7 Å². The van der Waals surface area contributed by atoms with Crippen LogP contribution in [0.4, 0.5) is 0 Å². The van der Waals surface area contributed by atoms with Gasteiger partial charge in [-0.2, -0.15) is 5.10 Å². The maximum absolute atomic E-state index is 13.4. The highest BCUT2D eigenvalue weighted by Crippen LogP contribution is 2.33. The van der Waals surface area contributed by atoms with Gasteiger partial charge >= 0.3 is 5.97 Å². The Morgan fingerprint density at radius 1 is 0.968 bits per heavy atom. The zero-order valence-electron chi connectivity index (χ0n) is 16.7. The summed E-state index contributed by atoms with van der Waals surface area (Å²) in [6.45, 7) is 1.28. The third-order valence-electron chi connectivity index (χ3n) is 5.36. The molecule has 31 heavy (non-hydrogen) atoms. The summed E-state index contributed by atoms with van der Waals surface area (Å²) in [5.74, 6) is -1.29. The number of hydrogen-bond acceptors (Lipinski definition) is 3. The summed E-state index contributed by atoms with van der Waals surface area (Å²) in [7, 11) is 0. The molecule has 0 atom stereocenters. The van der Waals surface area contributed by atoms with Gasteiger partial charge in [0.2, 0.25) is 0 Å². The summed E-state index contributed by atoms with van der Waals surface area (Å²) in [5.41, 5.74) is 2.30. The number of halogens is 2. The van der Waals surface area contributed by atoms with E-state index in [9.17, 15) is 14.7 Å². The predicted molar refractivity (Wildman–Crippen MR) is 120 cm³/mol. The van der Waals surface area contributed by atoms with Gasteiger partial charge in [-0.15, -0.1) is 0 Å². The van der Waals surface area contributed by atoms with Crippen LogP contribution in [0, 0.1) is 0 Å². The topological polar surface area (TPSA) is 75.4 Å². The van der Waals surface area contributed by atoms with Gasteiger partial charge in [-0.05, 0) is 43.5 Å². The summed E-state index contributed by atoms with van der Waals surface area (Å²) < 4.78 is 1.57. The number of carbonyl (C=O) groups is 2. The van der Waals surface area contributed by atoms with Gasteiger partial charge in [0.15, 0.2) is 5.69 Å². The molecule has 0 radical (unpaired) electrons. The van der Waals surface area contributed by atoms with Crippen molar-refractivity contribution in [2.45, 2.75) is 25.7 Å². The Labute approximate surface area is 190 Å². The second-order valence-electron chi connectivity index (χ2n) is 7.47. The first kappa shape index (κ1) is 21.4. The van der Waals surface area contributed by atoms with E-state index in [-0.39, 0.29) is 18.0 Å². The average Bonchev–Trinajstić information content (AvgIpc) is 3.13. The summed E-state index contributed by atoms with van der Waals surface area (Å²) >= 11 is 12.5. The summed E-state index contributed by atoms with van der Waals surface area (Å²) in [6, 6.07) is 14.1. The van der Waals surface area contributed by atoms with Crippen molar-refractivity contribution in [1.29, 1.82) is 0 Å². The molecule has 1 aliphatic rings. The SMILES string of the molecule is O=C(O)Cc1c(C(=O)N2CCCCC2)nn(-c2ccccc2Cl)c1-c1ccc(Cl)cc1. The lowest BCUT2D eigenvalue weighted by atomic mass is 10.0. The molecule has 4 rings (SSSR count). The molecule has 0 unspecified atom stereocenters. The normalized spacial score (nSPS) is 13.9. The average molecular weight is 458 g/mol. The molecule has 0 spiro atoms. The van der Waals surface area contributed by atoms with Crippen LogP contribution in [0.5, 0.6) is 0 Å². The number of para-hydroxylation sites is 1. The van der Waals surface area contributed by atoms with Crippen molar-refractivity contribution in [2.24, 2.45) is 0 Å². The van der Waals surface area contributed by atoms with Crippen LogP contribution in [-0.2, 0) is 11.2 Å². The molecule has 0 bridgehead atoms. The van der Waals surface area contributed by atoms with Gasteiger partial charge in [0.1, 0.15) is 0 Å². The molecule has 1 N–H and O–H groups in total. The number of benzene rings is 2. The van der Waals surface area contributed by atoms with Crippen molar-refractivity contribution in [1.82, 2.24) is 14.7 Å². The number of carboxylic acid groups (broad SMARTS) is 1. The highest BCUT2D eigenvalue weighted by atomic mass is 35.5. The van der Waals surface area contributed by atoms with Gasteiger partial charge in [-0.1, -0.05) is 47.5 Å². The minimum atomic E-state index is -1.04. The van der Waals surface area contributed by atoms with Gasteiger partial charge in [0.25, 0.3) is 5.91 Å². The fraction of sp³-hybridized carbons (Fsp3) is 0.261. The summed E-state index contributed by atoms with van der Waals surface area (Å²) in [5, 5.41) is 15.2. The molecular formula is C23H21Cl2N3O3. The number of piperidine rings is 1. The molecule has 1 fully saturated rings. The molecule has 1 saturated heterocycles. The zero-order chi connectivity index (χ0) is 22.0. The molecule has 3 aromatic rings. The molecule has 2 aromatic carbocycles. The fourth-order valence-electron chi connectivity index (χ4n) is 3.89. The second-order valence-corrected chi connectivity index (χ2v) is 8.31. The van der Waals surface area contributed by atoms with Crippen molar-refractivity contribution >= 4 is 35.1 Å². The van der Waals surface area contributed by atoms with Crippen LogP contribution in [0.2, 0.25) is 10.0 Å². The van der Waals surface area contributed by atoms with E-state index in [0.29, 0.717) is 45.6 Å². The molecule has 1 aromatic heterocycles. The van der Waals surface area contributed by atoms with Gasteiger partial charge in [-0.25, -0.2) is 4.68 Å². The molecule has 6 nitrogen and oxygen atoms in total. The first-order valence-corrected chi connectivity index (χ1v) is 10.8. The molecule has 0 aliphatic carbocycles. The Kier molecular flexibility index (Phi) is 6.30. The van der Waals surface area contributed by atoms with Crippen LogP contribution < -0.4 is 0 Å². The van der Waals surface area contributed by atoms with E-state index < -0.39 is 5.97 Å². The van der Waals surface area contributed by atoms with E-state index in [1.807, 2.05) is 6.07 Å². The molecule has 160 valence electrons. The van der Waals surface area contributed by atoms with Gasteiger partial charge in [0, 0.05) is 29.2 Å². The van der Waals surface area contributed by atoms with E-state index in [1.165, 1.54) is 0 Å². The van der Waals surface area contributed by atoms with E-state index >= 15 is 0 Å². The Morgan fingerprint density at radius 2 is 1.65 bits per heavy atom. The lowest BCUT2D eigenvalue weighted by Crippen LogP contribution is -2.36. The lowest BCUT2D eigenvalue weighted by molar-refractivity contribution is -0.136. The van der Waals surface area contributed by atoms with Crippen LogP contribution in [0.1, 0.15) is 35.3 Å². The quantitative estimate of drug-likeness (QED) is 0.578. The van der Waals surface area contributed by atoms with Gasteiger partial charge in [0.05, 0.1) is 22.8 Å². The Morgan fingerprint density at radius 3 is 2.29 bits per heavy atom. The standard InChI is InChI=1S/C23H21Cl2N3O3/c24-16-10-8-15(9-11-16)22-17(14-20(29)30)21(23(31)27-12-4-1-5-13-27)26-28(22)19-7-3-2-6-18(19)25/h2-3,6-11H,1,4-5,12-14H2,(H,29,30). The lowest BCUT2D eigenvalue weighted by Gasteiger charge is -2.26. The Hall–Kier alpha value is -2.83. The third-order valence-corrected chi connectivity index (χ3v) is 5.93. The van der Waals surface area contributed by atoms with Crippen molar-refractivity contribution in [2.75, 3.05) is 13.1 Å². The molecule has 2 heterocycles. The van der Waals surface area contributed by atoms with Gasteiger partial charge < -0.3 is 10.0 Å². The molecule has 0 saturated carbocycles. The molecule has 1 amide bonds. The van der Waals surface area contributed by atoms with E-state index in [1.54, 1.807) is 52.0 Å². The summed E-state index contributed by atoms with van der Waals surface area (Å²) in [4.78, 5) is 26.9. The maximum Gasteiger partial charge on any atom is 0.307 e. The van der Waals surface area contributed by atoms with Crippen LogP contribution in [-0.4, -0.2) is 44.8 Å². The number of amides is 1. The van der Waals surface area contributed by atoms with Crippen LogP contribution in [0.25, 0.3) is 16.9 Å².